The molecular formula is C14H18O3. The van der Waals surface area contributed by atoms with Gasteiger partial charge in [-0.15, -0.1) is 0 Å². The largest absolute Gasteiger partial charge is 0.497 e. The standard InChI is InChI=1S/C14H18O3/c1-17-11-6-4-5-10(9-11)14(16)12-7-2-3-8-13(12)15/h4-6,9,12,14,16H,2-3,7-8H2,1H3/t12-,14+/m0/s1. The second-order valence-electron chi connectivity index (χ2n) is 4.54. The van der Waals surface area contributed by atoms with Crippen molar-refractivity contribution < 1.29 is 14.6 Å². The Kier molecular flexibility index (Phi) is 3.79. The molecule has 1 fully saturated rings. The Morgan fingerprint density at radius 3 is 2.94 bits per heavy atom. The van der Waals surface area contributed by atoms with Crippen molar-refractivity contribution in [3.05, 3.63) is 29.8 Å². The monoisotopic (exact) mass is 234 g/mol. The molecule has 0 radical (unpaired) electrons. The van der Waals surface area contributed by atoms with Gasteiger partial charge in [-0.1, -0.05) is 18.6 Å². The van der Waals surface area contributed by atoms with Crippen LogP contribution in [0.15, 0.2) is 24.3 Å². The van der Waals surface area contributed by atoms with Gasteiger partial charge in [-0.05, 0) is 30.5 Å². The third-order valence-electron chi connectivity index (χ3n) is 3.42. The Hall–Kier alpha value is -1.35. The van der Waals surface area contributed by atoms with E-state index in [1.807, 2.05) is 18.2 Å². The Bertz CT molecular complexity index is 400. The van der Waals surface area contributed by atoms with Crippen LogP contribution in [0.3, 0.4) is 0 Å². The highest BCUT2D eigenvalue weighted by Gasteiger charge is 2.29. The maximum absolute atomic E-state index is 11.8. The quantitative estimate of drug-likeness (QED) is 0.874. The van der Waals surface area contributed by atoms with Gasteiger partial charge in [0.1, 0.15) is 11.5 Å². The summed E-state index contributed by atoms with van der Waals surface area (Å²) in [6, 6.07) is 7.31. The van der Waals surface area contributed by atoms with E-state index < -0.39 is 6.10 Å². The number of aliphatic hydroxyl groups is 1. The van der Waals surface area contributed by atoms with Crippen molar-refractivity contribution in [1.29, 1.82) is 0 Å². The minimum atomic E-state index is -0.696. The van der Waals surface area contributed by atoms with E-state index in [-0.39, 0.29) is 11.7 Å². The number of ketones is 1. The molecule has 0 heterocycles. The molecule has 0 aliphatic heterocycles. The Morgan fingerprint density at radius 2 is 2.24 bits per heavy atom. The Balaban J connectivity index is 2.17. The van der Waals surface area contributed by atoms with Gasteiger partial charge >= 0.3 is 0 Å². The Labute approximate surface area is 101 Å². The van der Waals surface area contributed by atoms with E-state index in [1.54, 1.807) is 13.2 Å². The molecule has 2 atom stereocenters. The number of Topliss-reactive ketones (excluding diaryl/α,β-unsaturated/α-hetero) is 1. The molecule has 1 saturated carbocycles. The van der Waals surface area contributed by atoms with Gasteiger partial charge in [-0.3, -0.25) is 4.79 Å². The van der Waals surface area contributed by atoms with Crippen molar-refractivity contribution in [2.45, 2.75) is 31.8 Å². The predicted molar refractivity (Wildman–Crippen MR) is 64.9 cm³/mol. The fourth-order valence-electron chi connectivity index (χ4n) is 2.40. The lowest BCUT2D eigenvalue weighted by Crippen LogP contribution is -2.25. The number of carbonyl (C=O) groups is 1. The summed E-state index contributed by atoms with van der Waals surface area (Å²) >= 11 is 0. The first-order chi connectivity index (χ1) is 8.22. The van der Waals surface area contributed by atoms with Crippen LogP contribution in [0, 0.1) is 5.92 Å². The van der Waals surface area contributed by atoms with Crippen molar-refractivity contribution in [3.8, 4) is 5.75 Å². The predicted octanol–water partition coefficient (Wildman–Crippen LogP) is 2.49. The summed E-state index contributed by atoms with van der Waals surface area (Å²) in [6.07, 6.45) is 2.68. The minimum absolute atomic E-state index is 0.187. The second-order valence-corrected chi connectivity index (χ2v) is 4.54. The highest BCUT2D eigenvalue weighted by Crippen LogP contribution is 2.33. The summed E-state index contributed by atoms with van der Waals surface area (Å²) in [7, 11) is 1.59. The molecule has 0 spiro atoms. The number of methoxy groups -OCH3 is 1. The smallest absolute Gasteiger partial charge is 0.138 e. The molecule has 0 saturated heterocycles. The molecule has 1 aromatic carbocycles. The third-order valence-corrected chi connectivity index (χ3v) is 3.42. The molecule has 0 aromatic heterocycles. The van der Waals surface area contributed by atoms with E-state index in [9.17, 15) is 9.90 Å². The number of aliphatic hydroxyl groups excluding tert-OH is 1. The normalized spacial score (nSPS) is 22.2. The van der Waals surface area contributed by atoms with Gasteiger partial charge in [-0.2, -0.15) is 0 Å². The van der Waals surface area contributed by atoms with Crippen molar-refractivity contribution in [1.82, 2.24) is 0 Å². The molecule has 17 heavy (non-hydrogen) atoms. The molecule has 0 bridgehead atoms. The zero-order valence-corrected chi connectivity index (χ0v) is 10.1. The van der Waals surface area contributed by atoms with Gasteiger partial charge in [0, 0.05) is 12.3 Å². The van der Waals surface area contributed by atoms with Crippen molar-refractivity contribution >= 4 is 5.78 Å². The van der Waals surface area contributed by atoms with E-state index in [1.165, 1.54) is 0 Å². The van der Waals surface area contributed by atoms with Gasteiger partial charge in [0.2, 0.25) is 0 Å². The SMILES string of the molecule is COc1cccc([C@@H](O)[C@H]2CCCCC2=O)c1. The second kappa shape index (κ2) is 5.32. The van der Waals surface area contributed by atoms with Crippen LogP contribution in [0.25, 0.3) is 0 Å². The molecule has 0 amide bonds. The molecule has 1 aliphatic carbocycles. The van der Waals surface area contributed by atoms with E-state index in [0.717, 1.165) is 24.8 Å². The summed E-state index contributed by atoms with van der Waals surface area (Å²) < 4.78 is 5.12. The lowest BCUT2D eigenvalue weighted by molar-refractivity contribution is -0.128. The van der Waals surface area contributed by atoms with E-state index in [0.29, 0.717) is 12.2 Å². The summed E-state index contributed by atoms with van der Waals surface area (Å²) in [5.74, 6) is 0.659. The van der Waals surface area contributed by atoms with E-state index in [2.05, 4.69) is 0 Å². The molecule has 1 N–H and O–H groups in total. The van der Waals surface area contributed by atoms with Gasteiger partial charge < -0.3 is 9.84 Å². The van der Waals surface area contributed by atoms with Crippen LogP contribution in [-0.2, 0) is 4.79 Å². The van der Waals surface area contributed by atoms with Crippen LogP contribution in [0.5, 0.6) is 5.75 Å². The maximum atomic E-state index is 11.8. The number of ether oxygens (including phenoxy) is 1. The van der Waals surface area contributed by atoms with Crippen molar-refractivity contribution in [2.24, 2.45) is 5.92 Å². The molecule has 3 heteroatoms. The third kappa shape index (κ3) is 2.67. The number of hydrogen-bond acceptors (Lipinski definition) is 3. The van der Waals surface area contributed by atoms with Crippen molar-refractivity contribution in [3.63, 3.8) is 0 Å². The summed E-state index contributed by atoms with van der Waals surface area (Å²) in [4.78, 5) is 11.8. The summed E-state index contributed by atoms with van der Waals surface area (Å²) in [5.41, 5.74) is 0.768. The van der Waals surface area contributed by atoms with Crippen LogP contribution in [0.2, 0.25) is 0 Å². The highest BCUT2D eigenvalue weighted by molar-refractivity contribution is 5.82. The zero-order valence-electron chi connectivity index (χ0n) is 10.1. The number of hydrogen-bond donors (Lipinski definition) is 1. The molecule has 1 aliphatic rings. The average molecular weight is 234 g/mol. The van der Waals surface area contributed by atoms with Gasteiger partial charge in [-0.25, -0.2) is 0 Å². The minimum Gasteiger partial charge on any atom is -0.497 e. The number of rotatable bonds is 3. The molecule has 92 valence electrons. The zero-order chi connectivity index (χ0) is 12.3. The molecule has 2 rings (SSSR count). The fraction of sp³-hybridized carbons (Fsp3) is 0.500. The summed E-state index contributed by atoms with van der Waals surface area (Å²) in [6.45, 7) is 0. The van der Waals surface area contributed by atoms with Gasteiger partial charge in [0.05, 0.1) is 13.2 Å². The summed E-state index contributed by atoms with van der Waals surface area (Å²) in [5, 5.41) is 10.3. The lowest BCUT2D eigenvalue weighted by atomic mass is 9.82. The maximum Gasteiger partial charge on any atom is 0.138 e. The van der Waals surface area contributed by atoms with Crippen LogP contribution < -0.4 is 4.74 Å². The average Bonchev–Trinajstić information content (AvgIpc) is 2.38. The first-order valence-corrected chi connectivity index (χ1v) is 6.07. The van der Waals surface area contributed by atoms with Gasteiger partial charge in [0.15, 0.2) is 0 Å². The van der Waals surface area contributed by atoms with E-state index in [4.69, 9.17) is 4.74 Å². The van der Waals surface area contributed by atoms with Crippen LogP contribution >= 0.6 is 0 Å². The highest BCUT2D eigenvalue weighted by atomic mass is 16.5. The first kappa shape index (κ1) is 12.1. The fourth-order valence-corrected chi connectivity index (χ4v) is 2.40. The number of benzene rings is 1. The van der Waals surface area contributed by atoms with E-state index >= 15 is 0 Å². The Morgan fingerprint density at radius 1 is 1.41 bits per heavy atom. The molecular weight excluding hydrogens is 216 g/mol. The van der Waals surface area contributed by atoms with Crippen LogP contribution in [0.1, 0.15) is 37.4 Å². The number of carbonyl (C=O) groups excluding carboxylic acids is 1. The first-order valence-electron chi connectivity index (χ1n) is 6.07. The topological polar surface area (TPSA) is 46.5 Å². The van der Waals surface area contributed by atoms with Crippen LogP contribution in [0.4, 0.5) is 0 Å². The molecule has 1 aromatic rings. The molecule has 0 unspecified atom stereocenters. The molecule has 3 nitrogen and oxygen atoms in total. The van der Waals surface area contributed by atoms with Crippen LogP contribution in [-0.4, -0.2) is 18.0 Å². The lowest BCUT2D eigenvalue weighted by Gasteiger charge is -2.25. The van der Waals surface area contributed by atoms with Crippen molar-refractivity contribution in [2.75, 3.05) is 7.11 Å². The van der Waals surface area contributed by atoms with Gasteiger partial charge in [0.25, 0.3) is 0 Å².